The number of ketones is 1. The van der Waals surface area contributed by atoms with Crippen molar-refractivity contribution in [3.8, 4) is 0 Å². The van der Waals surface area contributed by atoms with Gasteiger partial charge in [-0.1, -0.05) is 12.1 Å². The van der Waals surface area contributed by atoms with E-state index in [0.717, 1.165) is 19.2 Å². The van der Waals surface area contributed by atoms with E-state index < -0.39 is 41.3 Å². The van der Waals surface area contributed by atoms with Crippen molar-refractivity contribution in [3.63, 3.8) is 0 Å². The Labute approximate surface area is 99.4 Å². The second-order valence-electron chi connectivity index (χ2n) is 3.37. The molecule has 18 heavy (non-hydrogen) atoms. The predicted molar refractivity (Wildman–Crippen MR) is 52.1 cm³/mol. The molecule has 0 atom stereocenters. The average Bonchev–Trinajstić information content (AvgIpc) is 2.29. The van der Waals surface area contributed by atoms with Crippen molar-refractivity contribution in [1.82, 2.24) is 0 Å². The van der Waals surface area contributed by atoms with Crippen LogP contribution in [0.15, 0.2) is 18.2 Å². The number of methoxy groups -OCH3 is 1. The number of ether oxygens (including phenoxy) is 1. The fourth-order valence-electron chi connectivity index (χ4n) is 1.29. The molecule has 0 N–H and O–H groups in total. The number of rotatable bonds is 3. The van der Waals surface area contributed by atoms with E-state index in [-0.39, 0.29) is 0 Å². The first-order valence-electron chi connectivity index (χ1n) is 4.73. The Balaban J connectivity index is 3.06. The molecule has 0 aliphatic rings. The maximum absolute atomic E-state index is 13.5. The van der Waals surface area contributed by atoms with Crippen molar-refractivity contribution in [3.05, 3.63) is 35.1 Å². The Morgan fingerprint density at radius 1 is 1.28 bits per heavy atom. The summed E-state index contributed by atoms with van der Waals surface area (Å²) >= 11 is 0. The van der Waals surface area contributed by atoms with Crippen LogP contribution in [0.4, 0.5) is 17.6 Å². The first-order chi connectivity index (χ1) is 8.27. The van der Waals surface area contributed by atoms with Crippen molar-refractivity contribution in [2.75, 3.05) is 7.11 Å². The molecule has 98 valence electrons. The minimum Gasteiger partial charge on any atom is -0.463 e. The quantitative estimate of drug-likeness (QED) is 0.477. The summed E-state index contributed by atoms with van der Waals surface area (Å²) in [4.78, 5) is 21.9. The average molecular weight is 264 g/mol. The zero-order valence-corrected chi connectivity index (χ0v) is 9.18. The summed E-state index contributed by atoms with van der Waals surface area (Å²) < 4.78 is 54.7. The van der Waals surface area contributed by atoms with Gasteiger partial charge in [-0.15, -0.1) is 0 Å². The van der Waals surface area contributed by atoms with Crippen LogP contribution in [0.1, 0.15) is 11.1 Å². The van der Waals surface area contributed by atoms with E-state index in [1.165, 1.54) is 0 Å². The van der Waals surface area contributed by atoms with Crippen molar-refractivity contribution >= 4 is 11.8 Å². The van der Waals surface area contributed by atoms with Crippen LogP contribution in [-0.4, -0.2) is 18.9 Å². The van der Waals surface area contributed by atoms with Crippen molar-refractivity contribution in [1.29, 1.82) is 0 Å². The number of benzene rings is 1. The smallest absolute Gasteiger partial charge is 0.419 e. The molecule has 1 aromatic carbocycles. The minimum absolute atomic E-state index is 0.500. The summed E-state index contributed by atoms with van der Waals surface area (Å²) in [6.07, 6.45) is -5.63. The van der Waals surface area contributed by atoms with Gasteiger partial charge in [-0.3, -0.25) is 4.79 Å². The van der Waals surface area contributed by atoms with E-state index >= 15 is 0 Å². The Morgan fingerprint density at radius 2 is 1.89 bits per heavy atom. The van der Waals surface area contributed by atoms with Gasteiger partial charge in [0.1, 0.15) is 5.82 Å². The fourth-order valence-corrected chi connectivity index (χ4v) is 1.29. The number of alkyl halides is 3. The molecule has 0 aromatic heterocycles. The summed E-state index contributed by atoms with van der Waals surface area (Å²) in [5.41, 5.74) is -1.97. The number of carbonyl (C=O) groups is 2. The van der Waals surface area contributed by atoms with Gasteiger partial charge in [0.15, 0.2) is 0 Å². The molecule has 0 unspecified atom stereocenters. The molecule has 0 heterocycles. The molecule has 0 radical (unpaired) electrons. The number of carbonyl (C=O) groups excluding carboxylic acids is 2. The largest absolute Gasteiger partial charge is 0.463 e. The molecular formula is C11H8F4O3. The molecule has 1 aromatic rings. The molecule has 0 aliphatic heterocycles. The lowest BCUT2D eigenvalue weighted by Gasteiger charge is -2.10. The topological polar surface area (TPSA) is 43.4 Å². The second kappa shape index (κ2) is 5.16. The SMILES string of the molecule is COC(=O)C(=O)Cc1cccc(C(F)(F)F)c1F. The lowest BCUT2D eigenvalue weighted by atomic mass is 10.0. The highest BCUT2D eigenvalue weighted by molar-refractivity contribution is 6.34. The van der Waals surface area contributed by atoms with Gasteiger partial charge in [0.05, 0.1) is 12.7 Å². The van der Waals surface area contributed by atoms with Crippen LogP contribution in [-0.2, 0) is 26.9 Å². The van der Waals surface area contributed by atoms with E-state index in [1.807, 2.05) is 0 Å². The third kappa shape index (κ3) is 3.06. The molecule has 7 heteroatoms. The van der Waals surface area contributed by atoms with E-state index in [2.05, 4.69) is 4.74 Å². The Hall–Kier alpha value is -1.92. The lowest BCUT2D eigenvalue weighted by molar-refractivity contribution is -0.151. The fraction of sp³-hybridized carbons (Fsp3) is 0.273. The summed E-state index contributed by atoms with van der Waals surface area (Å²) in [6.45, 7) is 0. The number of halogens is 4. The zero-order valence-electron chi connectivity index (χ0n) is 9.18. The van der Waals surface area contributed by atoms with Crippen LogP contribution < -0.4 is 0 Å². The number of esters is 1. The van der Waals surface area contributed by atoms with Crippen LogP contribution in [0.3, 0.4) is 0 Å². The van der Waals surface area contributed by atoms with Crippen LogP contribution in [0.5, 0.6) is 0 Å². The molecular weight excluding hydrogens is 256 g/mol. The highest BCUT2D eigenvalue weighted by atomic mass is 19.4. The maximum atomic E-state index is 13.5. The number of hydrogen-bond donors (Lipinski definition) is 0. The molecule has 0 amide bonds. The molecule has 3 nitrogen and oxygen atoms in total. The number of hydrogen-bond acceptors (Lipinski definition) is 3. The third-order valence-electron chi connectivity index (χ3n) is 2.15. The molecule has 0 saturated heterocycles. The Kier molecular flexibility index (Phi) is 4.05. The van der Waals surface area contributed by atoms with Crippen LogP contribution >= 0.6 is 0 Å². The van der Waals surface area contributed by atoms with Gasteiger partial charge < -0.3 is 4.74 Å². The van der Waals surface area contributed by atoms with E-state index in [4.69, 9.17) is 0 Å². The molecule has 0 bridgehead atoms. The predicted octanol–water partition coefficient (Wildman–Crippen LogP) is 2.13. The molecule has 0 fully saturated rings. The van der Waals surface area contributed by atoms with Gasteiger partial charge in [-0.25, -0.2) is 9.18 Å². The van der Waals surface area contributed by atoms with Gasteiger partial charge in [0.25, 0.3) is 0 Å². The van der Waals surface area contributed by atoms with Gasteiger partial charge in [0, 0.05) is 6.42 Å². The molecule has 0 spiro atoms. The number of Topliss-reactive ketones (excluding diaryl/α,β-unsaturated/α-hetero) is 1. The third-order valence-corrected chi connectivity index (χ3v) is 2.15. The van der Waals surface area contributed by atoms with E-state index in [1.54, 1.807) is 0 Å². The summed E-state index contributed by atoms with van der Waals surface area (Å²) in [7, 11) is 0.947. The van der Waals surface area contributed by atoms with Crippen LogP contribution in [0, 0.1) is 5.82 Å². The molecule has 0 saturated carbocycles. The van der Waals surface area contributed by atoms with Crippen molar-refractivity contribution in [2.24, 2.45) is 0 Å². The van der Waals surface area contributed by atoms with Crippen molar-refractivity contribution < 1.29 is 31.9 Å². The van der Waals surface area contributed by atoms with Crippen LogP contribution in [0.2, 0.25) is 0 Å². The highest BCUT2D eigenvalue weighted by Crippen LogP contribution is 2.32. The standard InChI is InChI=1S/C11H8F4O3/c1-18-10(17)8(16)5-6-3-2-4-7(9(6)12)11(13,14)15/h2-4H,5H2,1H3. The molecule has 0 aliphatic carbocycles. The summed E-state index contributed by atoms with van der Waals surface area (Å²) in [6, 6.07) is 2.53. The van der Waals surface area contributed by atoms with E-state index in [0.29, 0.717) is 6.07 Å². The highest BCUT2D eigenvalue weighted by Gasteiger charge is 2.35. The first-order valence-corrected chi connectivity index (χ1v) is 4.73. The lowest BCUT2D eigenvalue weighted by Crippen LogP contribution is -2.19. The van der Waals surface area contributed by atoms with Gasteiger partial charge in [-0.2, -0.15) is 13.2 Å². The van der Waals surface area contributed by atoms with Crippen LogP contribution in [0.25, 0.3) is 0 Å². The molecule has 1 rings (SSSR count). The monoisotopic (exact) mass is 264 g/mol. The first kappa shape index (κ1) is 14.1. The minimum atomic E-state index is -4.85. The van der Waals surface area contributed by atoms with Gasteiger partial charge in [0.2, 0.25) is 5.78 Å². The van der Waals surface area contributed by atoms with Gasteiger partial charge in [-0.05, 0) is 11.6 Å². The summed E-state index contributed by atoms with van der Waals surface area (Å²) in [5.74, 6) is -3.90. The zero-order chi connectivity index (χ0) is 13.9. The Bertz CT molecular complexity index is 480. The van der Waals surface area contributed by atoms with Gasteiger partial charge >= 0.3 is 12.1 Å². The maximum Gasteiger partial charge on any atom is 0.419 e. The van der Waals surface area contributed by atoms with Crippen molar-refractivity contribution in [2.45, 2.75) is 12.6 Å². The second-order valence-corrected chi connectivity index (χ2v) is 3.37. The normalized spacial score (nSPS) is 11.2. The summed E-state index contributed by atoms with van der Waals surface area (Å²) in [5, 5.41) is 0. The Morgan fingerprint density at radius 3 is 2.39 bits per heavy atom. The van der Waals surface area contributed by atoms with E-state index in [9.17, 15) is 27.2 Å².